The van der Waals surface area contributed by atoms with Gasteiger partial charge < -0.3 is 14.6 Å². The third kappa shape index (κ3) is 3.74. The molecule has 0 bridgehead atoms. The molecule has 0 radical (unpaired) electrons. The van der Waals surface area contributed by atoms with Crippen LogP contribution < -0.4 is 10.1 Å². The number of rotatable bonds is 6. The van der Waals surface area contributed by atoms with Crippen molar-refractivity contribution in [2.24, 2.45) is 0 Å². The van der Waals surface area contributed by atoms with E-state index in [0.29, 0.717) is 17.8 Å². The number of alkyl halides is 2. The van der Waals surface area contributed by atoms with Gasteiger partial charge in [-0.3, -0.25) is 0 Å². The van der Waals surface area contributed by atoms with E-state index in [1.54, 1.807) is 12.1 Å². The molecule has 0 fully saturated rings. The third-order valence-corrected chi connectivity index (χ3v) is 2.76. The Morgan fingerprint density at radius 3 is 2.90 bits per heavy atom. The molecule has 1 N–H and O–H groups in total. The SMILES string of the molecule is CNC(C)Cc1noc(-c2cccc(OC(F)F)c2)n1. The Kier molecular flexibility index (Phi) is 4.62. The number of likely N-dealkylation sites (N-methyl/N-ethyl adjacent to an activating group) is 1. The first kappa shape index (κ1) is 14.4. The Hall–Kier alpha value is -2.02. The van der Waals surface area contributed by atoms with E-state index in [4.69, 9.17) is 4.52 Å². The number of hydrogen-bond donors (Lipinski definition) is 1. The van der Waals surface area contributed by atoms with Gasteiger partial charge in [-0.15, -0.1) is 0 Å². The van der Waals surface area contributed by atoms with Crippen molar-refractivity contribution < 1.29 is 18.0 Å². The second-order valence-electron chi connectivity index (χ2n) is 4.32. The molecular formula is C13H15F2N3O2. The van der Waals surface area contributed by atoms with E-state index in [0.717, 1.165) is 0 Å². The molecule has 0 saturated carbocycles. The Balaban J connectivity index is 2.15. The predicted octanol–water partition coefficient (Wildman–Crippen LogP) is 2.49. The topological polar surface area (TPSA) is 60.2 Å². The van der Waals surface area contributed by atoms with Crippen LogP contribution in [-0.4, -0.2) is 29.8 Å². The molecule has 1 atom stereocenters. The van der Waals surface area contributed by atoms with Crippen LogP contribution in [0.4, 0.5) is 8.78 Å². The van der Waals surface area contributed by atoms with Crippen molar-refractivity contribution in [1.82, 2.24) is 15.5 Å². The molecule has 1 aromatic carbocycles. The van der Waals surface area contributed by atoms with Gasteiger partial charge in [0, 0.05) is 18.0 Å². The maximum Gasteiger partial charge on any atom is 0.387 e. The second kappa shape index (κ2) is 6.42. The zero-order chi connectivity index (χ0) is 14.5. The molecule has 1 aromatic heterocycles. The minimum atomic E-state index is -2.86. The Labute approximate surface area is 114 Å². The Bertz CT molecular complexity index is 560. The predicted molar refractivity (Wildman–Crippen MR) is 68.6 cm³/mol. The van der Waals surface area contributed by atoms with Crippen LogP contribution in [0.5, 0.6) is 5.75 Å². The van der Waals surface area contributed by atoms with E-state index >= 15 is 0 Å². The van der Waals surface area contributed by atoms with Crippen LogP contribution in [0, 0.1) is 0 Å². The molecule has 0 amide bonds. The van der Waals surface area contributed by atoms with Crippen molar-refractivity contribution >= 4 is 0 Å². The summed E-state index contributed by atoms with van der Waals surface area (Å²) < 4.78 is 33.8. The lowest BCUT2D eigenvalue weighted by Gasteiger charge is -2.05. The fraction of sp³-hybridized carbons (Fsp3) is 0.385. The maximum absolute atomic E-state index is 12.2. The van der Waals surface area contributed by atoms with Crippen LogP contribution in [0.15, 0.2) is 28.8 Å². The molecule has 1 unspecified atom stereocenters. The zero-order valence-electron chi connectivity index (χ0n) is 11.1. The van der Waals surface area contributed by atoms with Crippen molar-refractivity contribution in [3.05, 3.63) is 30.1 Å². The zero-order valence-corrected chi connectivity index (χ0v) is 11.1. The first-order valence-corrected chi connectivity index (χ1v) is 6.13. The molecule has 1 heterocycles. The van der Waals surface area contributed by atoms with Crippen molar-refractivity contribution in [3.8, 4) is 17.2 Å². The lowest BCUT2D eigenvalue weighted by atomic mass is 10.2. The molecule has 7 heteroatoms. The number of benzene rings is 1. The Morgan fingerprint density at radius 2 is 2.20 bits per heavy atom. The normalized spacial score (nSPS) is 12.7. The molecule has 0 spiro atoms. The number of ether oxygens (including phenoxy) is 1. The minimum absolute atomic E-state index is 0.0563. The van der Waals surface area contributed by atoms with Crippen molar-refractivity contribution in [2.45, 2.75) is 26.0 Å². The number of halogens is 2. The van der Waals surface area contributed by atoms with E-state index < -0.39 is 6.61 Å². The van der Waals surface area contributed by atoms with Crippen LogP contribution in [0.25, 0.3) is 11.5 Å². The number of nitrogens with one attached hydrogen (secondary N) is 1. The van der Waals surface area contributed by atoms with E-state index in [1.807, 2.05) is 14.0 Å². The molecule has 2 aromatic rings. The van der Waals surface area contributed by atoms with E-state index in [1.165, 1.54) is 12.1 Å². The summed E-state index contributed by atoms with van der Waals surface area (Å²) in [6.07, 6.45) is 0.618. The van der Waals surface area contributed by atoms with Gasteiger partial charge in [0.15, 0.2) is 5.82 Å². The van der Waals surface area contributed by atoms with E-state index in [-0.39, 0.29) is 17.7 Å². The van der Waals surface area contributed by atoms with Crippen LogP contribution in [0.1, 0.15) is 12.7 Å². The summed E-state index contributed by atoms with van der Waals surface area (Å²) in [5.41, 5.74) is 0.541. The van der Waals surface area contributed by atoms with Crippen molar-refractivity contribution in [3.63, 3.8) is 0 Å². The lowest BCUT2D eigenvalue weighted by Crippen LogP contribution is -2.24. The monoisotopic (exact) mass is 283 g/mol. The summed E-state index contributed by atoms with van der Waals surface area (Å²) in [6, 6.07) is 6.37. The first-order chi connectivity index (χ1) is 9.58. The van der Waals surface area contributed by atoms with Gasteiger partial charge in [-0.05, 0) is 32.2 Å². The molecule has 20 heavy (non-hydrogen) atoms. The summed E-state index contributed by atoms with van der Waals surface area (Å²) in [6.45, 7) is -0.868. The highest BCUT2D eigenvalue weighted by molar-refractivity contribution is 5.55. The van der Waals surface area contributed by atoms with Crippen molar-refractivity contribution in [1.29, 1.82) is 0 Å². The standard InChI is InChI=1S/C13H15F2N3O2/c1-8(16-2)6-11-17-12(20-18-11)9-4-3-5-10(7-9)19-13(14)15/h3-5,7-8,13,16H,6H2,1-2H3. The van der Waals surface area contributed by atoms with Gasteiger partial charge in [0.2, 0.25) is 0 Å². The smallest absolute Gasteiger partial charge is 0.387 e. The third-order valence-electron chi connectivity index (χ3n) is 2.76. The van der Waals surface area contributed by atoms with Gasteiger partial charge >= 0.3 is 6.61 Å². The van der Waals surface area contributed by atoms with Gasteiger partial charge in [-0.2, -0.15) is 13.8 Å². The Morgan fingerprint density at radius 1 is 1.40 bits per heavy atom. The average molecular weight is 283 g/mol. The summed E-state index contributed by atoms with van der Waals surface area (Å²) in [4.78, 5) is 4.23. The van der Waals surface area contributed by atoms with Crippen LogP contribution in [0.2, 0.25) is 0 Å². The molecule has 0 aliphatic rings. The fourth-order valence-electron chi connectivity index (χ4n) is 1.64. The first-order valence-electron chi connectivity index (χ1n) is 6.13. The highest BCUT2D eigenvalue weighted by atomic mass is 19.3. The molecule has 0 saturated heterocycles. The van der Waals surface area contributed by atoms with Crippen LogP contribution >= 0.6 is 0 Å². The molecule has 0 aliphatic carbocycles. The minimum Gasteiger partial charge on any atom is -0.435 e. The highest BCUT2D eigenvalue weighted by Crippen LogP contribution is 2.23. The van der Waals surface area contributed by atoms with Gasteiger partial charge in [0.1, 0.15) is 5.75 Å². The molecular weight excluding hydrogens is 268 g/mol. The summed E-state index contributed by atoms with van der Waals surface area (Å²) >= 11 is 0. The van der Waals surface area contributed by atoms with Gasteiger partial charge in [0.05, 0.1) is 0 Å². The summed E-state index contributed by atoms with van der Waals surface area (Å²) in [7, 11) is 1.84. The number of aromatic nitrogens is 2. The maximum atomic E-state index is 12.2. The van der Waals surface area contributed by atoms with E-state index in [2.05, 4.69) is 20.2 Å². The van der Waals surface area contributed by atoms with E-state index in [9.17, 15) is 8.78 Å². The van der Waals surface area contributed by atoms with Crippen LogP contribution in [0.3, 0.4) is 0 Å². The van der Waals surface area contributed by atoms with Gasteiger partial charge in [0.25, 0.3) is 5.89 Å². The molecule has 108 valence electrons. The summed E-state index contributed by atoms with van der Waals surface area (Å²) in [5, 5.41) is 6.92. The molecule has 2 rings (SSSR count). The lowest BCUT2D eigenvalue weighted by molar-refractivity contribution is -0.0498. The quantitative estimate of drug-likeness (QED) is 0.882. The van der Waals surface area contributed by atoms with Gasteiger partial charge in [-0.1, -0.05) is 11.2 Å². The fourth-order valence-corrected chi connectivity index (χ4v) is 1.64. The average Bonchev–Trinajstić information content (AvgIpc) is 2.86. The van der Waals surface area contributed by atoms with Crippen molar-refractivity contribution in [2.75, 3.05) is 7.05 Å². The number of hydrogen-bond acceptors (Lipinski definition) is 5. The van der Waals surface area contributed by atoms with Gasteiger partial charge in [-0.25, -0.2) is 0 Å². The second-order valence-corrected chi connectivity index (χ2v) is 4.32. The molecule has 0 aliphatic heterocycles. The number of nitrogens with zero attached hydrogens (tertiary/aromatic N) is 2. The highest BCUT2D eigenvalue weighted by Gasteiger charge is 2.12. The molecule has 5 nitrogen and oxygen atoms in total. The largest absolute Gasteiger partial charge is 0.435 e. The summed E-state index contributed by atoms with van der Waals surface area (Å²) in [5.74, 6) is 0.894. The van der Waals surface area contributed by atoms with Crippen LogP contribution in [-0.2, 0) is 6.42 Å².